The molecule has 1 aliphatic heterocycles. The third kappa shape index (κ3) is 2.36. The highest BCUT2D eigenvalue weighted by atomic mass is 16.2. The Morgan fingerprint density at radius 1 is 1.53 bits per heavy atom. The Hall–Kier alpha value is -1.29. The number of hydrogen-bond donors (Lipinski definition) is 1. The molecular weight excluding hydrogens is 214 g/mol. The first-order chi connectivity index (χ1) is 8.27. The molecule has 0 bridgehead atoms. The van der Waals surface area contributed by atoms with Gasteiger partial charge < -0.3 is 14.8 Å². The van der Waals surface area contributed by atoms with Crippen molar-refractivity contribution in [3.05, 3.63) is 24.0 Å². The Kier molecular flexibility index (Phi) is 3.84. The summed E-state index contributed by atoms with van der Waals surface area (Å²) < 4.78 is 2.05. The highest BCUT2D eigenvalue weighted by molar-refractivity contribution is 5.93. The summed E-state index contributed by atoms with van der Waals surface area (Å²) in [4.78, 5) is 14.4. The summed E-state index contributed by atoms with van der Waals surface area (Å²) in [6.45, 7) is 7.71. The minimum Gasteiger partial charge on any atom is -0.344 e. The molecule has 4 nitrogen and oxygen atoms in total. The number of carbonyl (C=O) groups is 1. The van der Waals surface area contributed by atoms with Gasteiger partial charge in [-0.05, 0) is 25.5 Å². The molecule has 1 aromatic rings. The van der Waals surface area contributed by atoms with Crippen LogP contribution in [0.5, 0.6) is 0 Å². The van der Waals surface area contributed by atoms with Crippen molar-refractivity contribution < 1.29 is 4.79 Å². The summed E-state index contributed by atoms with van der Waals surface area (Å²) in [6, 6.07) is 4.25. The average molecular weight is 235 g/mol. The molecule has 1 saturated heterocycles. The van der Waals surface area contributed by atoms with Crippen LogP contribution in [0.1, 0.15) is 30.8 Å². The minimum absolute atomic E-state index is 0.164. The second kappa shape index (κ2) is 5.36. The third-order valence-corrected chi connectivity index (χ3v) is 3.32. The summed E-state index contributed by atoms with van der Waals surface area (Å²) >= 11 is 0. The average Bonchev–Trinajstić information content (AvgIpc) is 2.71. The van der Waals surface area contributed by atoms with Gasteiger partial charge in [-0.2, -0.15) is 0 Å². The zero-order valence-corrected chi connectivity index (χ0v) is 10.6. The number of rotatable bonds is 5. The monoisotopic (exact) mass is 235 g/mol. The standard InChI is InChI=1S/C13H21N3O/c1-3-7-15-8-5-6-12(15)13(17)16(4-2)11-9-14-10-11/h5-6,8,11,14H,3-4,7,9-10H2,1-2H3. The van der Waals surface area contributed by atoms with Crippen LogP contribution in [0, 0.1) is 0 Å². The van der Waals surface area contributed by atoms with E-state index in [9.17, 15) is 4.79 Å². The molecule has 0 saturated carbocycles. The number of aromatic nitrogens is 1. The van der Waals surface area contributed by atoms with Crippen LogP contribution in [-0.4, -0.2) is 41.1 Å². The van der Waals surface area contributed by atoms with Crippen molar-refractivity contribution in [2.45, 2.75) is 32.9 Å². The van der Waals surface area contributed by atoms with E-state index in [0.29, 0.717) is 6.04 Å². The van der Waals surface area contributed by atoms with Gasteiger partial charge in [-0.1, -0.05) is 6.92 Å². The SMILES string of the molecule is CCCn1cccc1C(=O)N(CC)C1CNC1. The molecule has 2 heterocycles. The van der Waals surface area contributed by atoms with Gasteiger partial charge in [-0.3, -0.25) is 4.79 Å². The van der Waals surface area contributed by atoms with Crippen LogP contribution >= 0.6 is 0 Å². The molecule has 1 N–H and O–H groups in total. The maximum Gasteiger partial charge on any atom is 0.270 e. The van der Waals surface area contributed by atoms with Gasteiger partial charge in [-0.25, -0.2) is 0 Å². The van der Waals surface area contributed by atoms with Crippen molar-refractivity contribution in [3.8, 4) is 0 Å². The van der Waals surface area contributed by atoms with Gasteiger partial charge in [0, 0.05) is 32.4 Å². The van der Waals surface area contributed by atoms with Crippen LogP contribution in [0.3, 0.4) is 0 Å². The first-order valence-electron chi connectivity index (χ1n) is 6.44. The molecule has 0 spiro atoms. The van der Waals surface area contributed by atoms with E-state index in [1.807, 2.05) is 30.2 Å². The number of hydrogen-bond acceptors (Lipinski definition) is 2. The number of carbonyl (C=O) groups excluding carboxylic acids is 1. The van der Waals surface area contributed by atoms with Crippen LogP contribution in [0.4, 0.5) is 0 Å². The van der Waals surface area contributed by atoms with E-state index in [4.69, 9.17) is 0 Å². The van der Waals surface area contributed by atoms with E-state index in [-0.39, 0.29) is 5.91 Å². The number of nitrogens with one attached hydrogen (secondary N) is 1. The lowest BCUT2D eigenvalue weighted by Crippen LogP contribution is -2.58. The zero-order valence-electron chi connectivity index (χ0n) is 10.6. The van der Waals surface area contributed by atoms with E-state index in [0.717, 1.165) is 38.3 Å². The molecule has 0 aliphatic carbocycles. The van der Waals surface area contributed by atoms with Crippen LogP contribution < -0.4 is 5.32 Å². The summed E-state index contributed by atoms with van der Waals surface area (Å²) in [7, 11) is 0. The zero-order chi connectivity index (χ0) is 12.3. The second-order valence-corrected chi connectivity index (χ2v) is 4.49. The predicted molar refractivity (Wildman–Crippen MR) is 68.1 cm³/mol. The van der Waals surface area contributed by atoms with Crippen molar-refractivity contribution in [1.29, 1.82) is 0 Å². The van der Waals surface area contributed by atoms with Crippen molar-refractivity contribution in [2.75, 3.05) is 19.6 Å². The molecule has 2 rings (SSSR count). The Bertz CT molecular complexity index is 382. The molecular formula is C13H21N3O. The molecule has 0 atom stereocenters. The van der Waals surface area contributed by atoms with Gasteiger partial charge in [0.15, 0.2) is 0 Å². The first-order valence-corrected chi connectivity index (χ1v) is 6.44. The van der Waals surface area contributed by atoms with Crippen LogP contribution in [0.15, 0.2) is 18.3 Å². The molecule has 0 aromatic carbocycles. The van der Waals surface area contributed by atoms with Crippen molar-refractivity contribution in [2.24, 2.45) is 0 Å². The van der Waals surface area contributed by atoms with Gasteiger partial charge in [0.1, 0.15) is 5.69 Å². The molecule has 1 aliphatic rings. The quantitative estimate of drug-likeness (QED) is 0.836. The molecule has 1 fully saturated rings. The number of likely N-dealkylation sites (N-methyl/N-ethyl adjacent to an activating group) is 1. The van der Waals surface area contributed by atoms with E-state index in [1.165, 1.54) is 0 Å². The van der Waals surface area contributed by atoms with E-state index < -0.39 is 0 Å². The first kappa shape index (κ1) is 12.2. The van der Waals surface area contributed by atoms with E-state index in [1.54, 1.807) is 0 Å². The van der Waals surface area contributed by atoms with Crippen molar-refractivity contribution in [3.63, 3.8) is 0 Å². The van der Waals surface area contributed by atoms with Gasteiger partial charge in [-0.15, -0.1) is 0 Å². The largest absolute Gasteiger partial charge is 0.344 e. The van der Waals surface area contributed by atoms with Crippen LogP contribution in [0.2, 0.25) is 0 Å². The maximum atomic E-state index is 12.4. The summed E-state index contributed by atoms with van der Waals surface area (Å²) in [6.07, 6.45) is 3.04. The van der Waals surface area contributed by atoms with Gasteiger partial charge >= 0.3 is 0 Å². The Morgan fingerprint density at radius 2 is 2.29 bits per heavy atom. The summed E-state index contributed by atoms with van der Waals surface area (Å²) in [5.41, 5.74) is 0.820. The molecule has 17 heavy (non-hydrogen) atoms. The number of amides is 1. The minimum atomic E-state index is 0.164. The third-order valence-electron chi connectivity index (χ3n) is 3.32. The fourth-order valence-electron chi connectivity index (χ4n) is 2.25. The summed E-state index contributed by atoms with van der Waals surface area (Å²) in [5.74, 6) is 0.164. The number of nitrogens with zero attached hydrogens (tertiary/aromatic N) is 2. The fraction of sp³-hybridized carbons (Fsp3) is 0.615. The second-order valence-electron chi connectivity index (χ2n) is 4.49. The fourth-order valence-corrected chi connectivity index (χ4v) is 2.25. The highest BCUT2D eigenvalue weighted by Crippen LogP contribution is 2.12. The Labute approximate surface area is 103 Å². The maximum absolute atomic E-state index is 12.4. The molecule has 94 valence electrons. The topological polar surface area (TPSA) is 37.3 Å². The number of aryl methyl sites for hydroxylation is 1. The summed E-state index contributed by atoms with van der Waals surface area (Å²) in [5, 5.41) is 3.22. The van der Waals surface area contributed by atoms with Crippen molar-refractivity contribution in [1.82, 2.24) is 14.8 Å². The van der Waals surface area contributed by atoms with Gasteiger partial charge in [0.05, 0.1) is 6.04 Å². The Morgan fingerprint density at radius 3 is 2.82 bits per heavy atom. The highest BCUT2D eigenvalue weighted by Gasteiger charge is 2.28. The van der Waals surface area contributed by atoms with Gasteiger partial charge in [0.25, 0.3) is 5.91 Å². The molecule has 1 amide bonds. The lowest BCUT2D eigenvalue weighted by molar-refractivity contribution is 0.0619. The van der Waals surface area contributed by atoms with E-state index in [2.05, 4.69) is 16.8 Å². The normalized spacial score (nSPS) is 15.6. The lowest BCUT2D eigenvalue weighted by atomic mass is 10.1. The Balaban J connectivity index is 2.13. The van der Waals surface area contributed by atoms with Crippen LogP contribution in [0.25, 0.3) is 0 Å². The van der Waals surface area contributed by atoms with Crippen LogP contribution in [-0.2, 0) is 6.54 Å². The smallest absolute Gasteiger partial charge is 0.270 e. The van der Waals surface area contributed by atoms with Gasteiger partial charge in [0.2, 0.25) is 0 Å². The molecule has 4 heteroatoms. The molecule has 1 aromatic heterocycles. The predicted octanol–water partition coefficient (Wildman–Crippen LogP) is 1.33. The van der Waals surface area contributed by atoms with Crippen molar-refractivity contribution >= 4 is 5.91 Å². The van der Waals surface area contributed by atoms with E-state index >= 15 is 0 Å². The molecule has 0 radical (unpaired) electrons. The molecule has 0 unspecified atom stereocenters. The lowest BCUT2D eigenvalue weighted by Gasteiger charge is -2.37.